The summed E-state index contributed by atoms with van der Waals surface area (Å²) < 4.78 is 4.82. The summed E-state index contributed by atoms with van der Waals surface area (Å²) in [6.07, 6.45) is 1.23. The average molecular weight is 213 g/mol. The van der Waals surface area contributed by atoms with Gasteiger partial charge < -0.3 is 4.74 Å². The molecule has 0 aliphatic carbocycles. The summed E-state index contributed by atoms with van der Waals surface area (Å²) in [7, 11) is 1.46. The standard InChI is InChI=1S/C12H23NO2/c1-9-6-10(2)13(7-9)8-12(3,4)11(14)15-5/h9-10H,6-8H2,1-5H3. The van der Waals surface area contributed by atoms with E-state index in [2.05, 4.69) is 18.7 Å². The maximum absolute atomic E-state index is 11.6. The Morgan fingerprint density at radius 2 is 2.07 bits per heavy atom. The molecule has 1 aliphatic rings. The summed E-state index contributed by atoms with van der Waals surface area (Å²) >= 11 is 0. The van der Waals surface area contributed by atoms with Crippen molar-refractivity contribution in [1.29, 1.82) is 0 Å². The van der Waals surface area contributed by atoms with Crippen LogP contribution in [0.4, 0.5) is 0 Å². The van der Waals surface area contributed by atoms with Gasteiger partial charge in [-0.2, -0.15) is 0 Å². The first-order chi connectivity index (χ1) is 6.86. The molecule has 0 bridgehead atoms. The molecule has 2 atom stereocenters. The van der Waals surface area contributed by atoms with E-state index in [1.165, 1.54) is 13.5 Å². The molecule has 1 fully saturated rings. The van der Waals surface area contributed by atoms with E-state index in [-0.39, 0.29) is 5.97 Å². The van der Waals surface area contributed by atoms with Gasteiger partial charge in [-0.1, -0.05) is 6.92 Å². The lowest BCUT2D eigenvalue weighted by molar-refractivity contribution is -0.151. The lowest BCUT2D eigenvalue weighted by Gasteiger charge is -2.30. The Balaban J connectivity index is 2.57. The predicted octanol–water partition coefficient (Wildman–Crippen LogP) is 1.92. The van der Waals surface area contributed by atoms with E-state index >= 15 is 0 Å². The molecule has 1 heterocycles. The van der Waals surface area contributed by atoms with Gasteiger partial charge in [0.05, 0.1) is 12.5 Å². The van der Waals surface area contributed by atoms with Crippen LogP contribution in [0.15, 0.2) is 0 Å². The molecule has 88 valence electrons. The zero-order valence-corrected chi connectivity index (χ0v) is 10.5. The summed E-state index contributed by atoms with van der Waals surface area (Å²) in [6.45, 7) is 10.3. The highest BCUT2D eigenvalue weighted by atomic mass is 16.5. The molecule has 0 N–H and O–H groups in total. The van der Waals surface area contributed by atoms with Crippen LogP contribution in [-0.4, -0.2) is 37.1 Å². The minimum Gasteiger partial charge on any atom is -0.469 e. The monoisotopic (exact) mass is 213 g/mol. The van der Waals surface area contributed by atoms with Crippen molar-refractivity contribution >= 4 is 5.97 Å². The summed E-state index contributed by atoms with van der Waals surface area (Å²) in [6, 6.07) is 0.587. The Kier molecular flexibility index (Phi) is 3.77. The van der Waals surface area contributed by atoms with Crippen molar-refractivity contribution in [2.24, 2.45) is 11.3 Å². The minimum atomic E-state index is -0.396. The van der Waals surface area contributed by atoms with Gasteiger partial charge in [-0.15, -0.1) is 0 Å². The molecule has 3 nitrogen and oxygen atoms in total. The van der Waals surface area contributed by atoms with Gasteiger partial charge in [-0.25, -0.2) is 0 Å². The van der Waals surface area contributed by atoms with E-state index < -0.39 is 5.41 Å². The van der Waals surface area contributed by atoms with Crippen LogP contribution in [0.2, 0.25) is 0 Å². The number of likely N-dealkylation sites (tertiary alicyclic amines) is 1. The van der Waals surface area contributed by atoms with Crippen LogP contribution in [-0.2, 0) is 9.53 Å². The van der Waals surface area contributed by atoms with Gasteiger partial charge in [0.1, 0.15) is 0 Å². The number of esters is 1. The van der Waals surface area contributed by atoms with Crippen LogP contribution in [0.1, 0.15) is 34.1 Å². The van der Waals surface area contributed by atoms with Crippen LogP contribution in [0.3, 0.4) is 0 Å². The highest BCUT2D eigenvalue weighted by Gasteiger charge is 2.35. The Labute approximate surface area is 92.8 Å². The molecule has 0 aromatic heterocycles. The first kappa shape index (κ1) is 12.5. The van der Waals surface area contributed by atoms with Gasteiger partial charge in [0.15, 0.2) is 0 Å². The van der Waals surface area contributed by atoms with E-state index in [9.17, 15) is 4.79 Å². The number of hydrogen-bond acceptors (Lipinski definition) is 3. The molecule has 2 unspecified atom stereocenters. The third kappa shape index (κ3) is 2.94. The second kappa shape index (κ2) is 4.52. The Bertz CT molecular complexity index is 238. The third-order valence-corrected chi connectivity index (χ3v) is 3.25. The third-order valence-electron chi connectivity index (χ3n) is 3.25. The molecule has 1 rings (SSSR count). The summed E-state index contributed by atoms with van der Waals surface area (Å²) in [4.78, 5) is 14.0. The predicted molar refractivity (Wildman–Crippen MR) is 60.6 cm³/mol. The van der Waals surface area contributed by atoms with Crippen molar-refractivity contribution < 1.29 is 9.53 Å². The lowest BCUT2D eigenvalue weighted by atomic mass is 9.93. The molecule has 0 spiro atoms. The smallest absolute Gasteiger partial charge is 0.312 e. The summed E-state index contributed by atoms with van der Waals surface area (Å²) in [5.74, 6) is 0.628. The molecule has 0 radical (unpaired) electrons. The molecular weight excluding hydrogens is 190 g/mol. The number of ether oxygens (including phenoxy) is 1. The molecule has 3 heteroatoms. The van der Waals surface area contributed by atoms with E-state index in [1.807, 2.05) is 13.8 Å². The SMILES string of the molecule is COC(=O)C(C)(C)CN1CC(C)CC1C. The Morgan fingerprint density at radius 3 is 2.47 bits per heavy atom. The number of carbonyl (C=O) groups is 1. The number of rotatable bonds is 3. The normalized spacial score (nSPS) is 28.1. The van der Waals surface area contributed by atoms with Crippen LogP contribution in [0, 0.1) is 11.3 Å². The average Bonchev–Trinajstić information content (AvgIpc) is 2.43. The van der Waals surface area contributed by atoms with Gasteiger partial charge in [0.25, 0.3) is 0 Å². The molecule has 0 aromatic carbocycles. The van der Waals surface area contributed by atoms with Crippen molar-refractivity contribution in [2.45, 2.75) is 40.2 Å². The van der Waals surface area contributed by atoms with E-state index in [0.717, 1.165) is 19.0 Å². The fraction of sp³-hybridized carbons (Fsp3) is 0.917. The molecule has 15 heavy (non-hydrogen) atoms. The molecule has 1 saturated heterocycles. The van der Waals surface area contributed by atoms with E-state index in [1.54, 1.807) is 0 Å². The number of methoxy groups -OCH3 is 1. The van der Waals surface area contributed by atoms with E-state index in [0.29, 0.717) is 6.04 Å². The second-order valence-corrected chi connectivity index (χ2v) is 5.49. The van der Waals surface area contributed by atoms with Gasteiger partial charge in [0.2, 0.25) is 0 Å². The molecular formula is C12H23NO2. The summed E-state index contributed by atoms with van der Waals surface area (Å²) in [5.41, 5.74) is -0.396. The summed E-state index contributed by atoms with van der Waals surface area (Å²) in [5, 5.41) is 0. The number of carbonyl (C=O) groups excluding carboxylic acids is 1. The topological polar surface area (TPSA) is 29.5 Å². The van der Waals surface area contributed by atoms with Crippen LogP contribution < -0.4 is 0 Å². The Hall–Kier alpha value is -0.570. The highest BCUT2D eigenvalue weighted by Crippen LogP contribution is 2.27. The van der Waals surface area contributed by atoms with Crippen molar-refractivity contribution in [3.8, 4) is 0 Å². The first-order valence-electron chi connectivity index (χ1n) is 5.69. The zero-order chi connectivity index (χ0) is 11.6. The first-order valence-corrected chi connectivity index (χ1v) is 5.69. The number of hydrogen-bond donors (Lipinski definition) is 0. The van der Waals surface area contributed by atoms with Crippen molar-refractivity contribution in [3.63, 3.8) is 0 Å². The maximum Gasteiger partial charge on any atom is 0.312 e. The largest absolute Gasteiger partial charge is 0.469 e. The lowest BCUT2D eigenvalue weighted by Crippen LogP contribution is -2.41. The minimum absolute atomic E-state index is 0.116. The van der Waals surface area contributed by atoms with Crippen molar-refractivity contribution in [1.82, 2.24) is 4.90 Å². The Morgan fingerprint density at radius 1 is 1.47 bits per heavy atom. The van der Waals surface area contributed by atoms with Crippen LogP contribution >= 0.6 is 0 Å². The molecule has 0 aromatic rings. The van der Waals surface area contributed by atoms with Gasteiger partial charge in [0, 0.05) is 19.1 Å². The van der Waals surface area contributed by atoms with Crippen molar-refractivity contribution in [3.05, 3.63) is 0 Å². The van der Waals surface area contributed by atoms with Crippen LogP contribution in [0.25, 0.3) is 0 Å². The van der Waals surface area contributed by atoms with E-state index in [4.69, 9.17) is 4.74 Å². The number of nitrogens with zero attached hydrogens (tertiary/aromatic N) is 1. The van der Waals surface area contributed by atoms with Crippen LogP contribution in [0.5, 0.6) is 0 Å². The maximum atomic E-state index is 11.6. The molecule has 1 aliphatic heterocycles. The second-order valence-electron chi connectivity index (χ2n) is 5.49. The highest BCUT2D eigenvalue weighted by molar-refractivity contribution is 5.76. The molecule has 0 saturated carbocycles. The quantitative estimate of drug-likeness (QED) is 0.671. The van der Waals surface area contributed by atoms with Gasteiger partial charge >= 0.3 is 5.97 Å². The van der Waals surface area contributed by atoms with Gasteiger partial charge in [-0.3, -0.25) is 9.69 Å². The fourth-order valence-electron chi connectivity index (χ4n) is 2.46. The zero-order valence-electron chi connectivity index (χ0n) is 10.5. The van der Waals surface area contributed by atoms with Crippen molar-refractivity contribution in [2.75, 3.05) is 20.2 Å². The molecule has 0 amide bonds. The fourth-order valence-corrected chi connectivity index (χ4v) is 2.46. The van der Waals surface area contributed by atoms with Gasteiger partial charge in [-0.05, 0) is 33.1 Å².